The highest BCUT2D eigenvalue weighted by Gasteiger charge is 2.28. The van der Waals surface area contributed by atoms with Gasteiger partial charge in [-0.25, -0.2) is 0 Å². The average molecular weight is 160 g/mol. The first kappa shape index (κ1) is 9.05. The van der Waals surface area contributed by atoms with E-state index < -0.39 is 0 Å². The molecule has 0 aromatic carbocycles. The van der Waals surface area contributed by atoms with E-state index in [-0.39, 0.29) is 5.41 Å². The van der Waals surface area contributed by atoms with Crippen molar-refractivity contribution in [3.05, 3.63) is 48.1 Å². The monoisotopic (exact) mass is 160 g/mol. The van der Waals surface area contributed by atoms with Gasteiger partial charge in [0.2, 0.25) is 0 Å². The Kier molecular flexibility index (Phi) is 2.10. The van der Waals surface area contributed by atoms with E-state index >= 15 is 0 Å². The zero-order chi connectivity index (χ0) is 9.35. The molecule has 0 heteroatoms. The molecule has 0 fully saturated rings. The number of hydrogen-bond acceptors (Lipinski definition) is 0. The molecule has 0 radical (unpaired) electrons. The highest BCUT2D eigenvalue weighted by atomic mass is 14.3. The molecule has 1 aliphatic carbocycles. The van der Waals surface area contributed by atoms with Crippen LogP contribution >= 0.6 is 0 Å². The molecule has 0 aliphatic heterocycles. The topological polar surface area (TPSA) is 0 Å². The molecule has 0 heterocycles. The highest BCUT2D eigenvalue weighted by Crippen LogP contribution is 2.41. The quantitative estimate of drug-likeness (QED) is 0.541. The molecule has 0 amide bonds. The SMILES string of the molecule is C=C(C)C(=C)C1(C)C=CC=C1C. The van der Waals surface area contributed by atoms with Gasteiger partial charge in [-0.1, -0.05) is 42.5 Å². The molecule has 0 N–H and O–H groups in total. The van der Waals surface area contributed by atoms with Crippen LogP contribution in [0.3, 0.4) is 0 Å². The lowest BCUT2D eigenvalue weighted by Gasteiger charge is -2.27. The van der Waals surface area contributed by atoms with Crippen LogP contribution < -0.4 is 0 Å². The van der Waals surface area contributed by atoms with Crippen LogP contribution in [-0.4, -0.2) is 0 Å². The summed E-state index contributed by atoms with van der Waals surface area (Å²) < 4.78 is 0. The van der Waals surface area contributed by atoms with Crippen molar-refractivity contribution in [2.75, 3.05) is 0 Å². The number of rotatable bonds is 2. The zero-order valence-electron chi connectivity index (χ0n) is 8.15. The second kappa shape index (κ2) is 2.78. The van der Waals surface area contributed by atoms with E-state index in [4.69, 9.17) is 0 Å². The van der Waals surface area contributed by atoms with E-state index in [9.17, 15) is 0 Å². The smallest absolute Gasteiger partial charge is 0.0313 e. The van der Waals surface area contributed by atoms with Crippen molar-refractivity contribution in [3.8, 4) is 0 Å². The average Bonchev–Trinajstić information content (AvgIpc) is 2.32. The summed E-state index contributed by atoms with van der Waals surface area (Å²) >= 11 is 0. The predicted molar refractivity (Wildman–Crippen MR) is 55.0 cm³/mol. The van der Waals surface area contributed by atoms with Crippen LogP contribution in [0.4, 0.5) is 0 Å². The summed E-state index contributed by atoms with van der Waals surface area (Å²) in [5, 5.41) is 0. The first-order chi connectivity index (χ1) is 5.48. The van der Waals surface area contributed by atoms with E-state index in [1.54, 1.807) is 0 Å². The minimum atomic E-state index is 0.0197. The summed E-state index contributed by atoms with van der Waals surface area (Å²) in [5.41, 5.74) is 3.54. The Morgan fingerprint density at radius 3 is 2.33 bits per heavy atom. The molecule has 1 rings (SSSR count). The standard InChI is InChI=1S/C12H16/c1-9(2)11(4)12(5)8-6-7-10(12)3/h6-8H,1,4H2,2-3,5H3. The van der Waals surface area contributed by atoms with Crippen molar-refractivity contribution in [3.63, 3.8) is 0 Å². The van der Waals surface area contributed by atoms with Crippen LogP contribution in [-0.2, 0) is 0 Å². The second-order valence-corrected chi connectivity index (χ2v) is 3.67. The molecule has 0 spiro atoms. The highest BCUT2D eigenvalue weighted by molar-refractivity contribution is 5.46. The van der Waals surface area contributed by atoms with Gasteiger partial charge < -0.3 is 0 Å². The molecule has 64 valence electrons. The van der Waals surface area contributed by atoms with Gasteiger partial charge in [-0.15, -0.1) is 0 Å². The van der Waals surface area contributed by atoms with Gasteiger partial charge in [0.25, 0.3) is 0 Å². The minimum Gasteiger partial charge on any atom is -0.0958 e. The maximum atomic E-state index is 4.07. The van der Waals surface area contributed by atoms with Crippen LogP contribution in [0.15, 0.2) is 48.1 Å². The molecule has 0 bridgehead atoms. The molecule has 1 atom stereocenters. The number of hydrogen-bond donors (Lipinski definition) is 0. The second-order valence-electron chi connectivity index (χ2n) is 3.67. The van der Waals surface area contributed by atoms with Crippen molar-refractivity contribution < 1.29 is 0 Å². The van der Waals surface area contributed by atoms with E-state index in [0.29, 0.717) is 0 Å². The Balaban J connectivity index is 3.02. The Morgan fingerprint density at radius 1 is 1.42 bits per heavy atom. The van der Waals surface area contributed by atoms with Crippen LogP contribution in [0.25, 0.3) is 0 Å². The molecular formula is C12H16. The minimum absolute atomic E-state index is 0.0197. The van der Waals surface area contributed by atoms with Gasteiger partial charge in [-0.05, 0) is 26.3 Å². The molecular weight excluding hydrogens is 144 g/mol. The third-order valence-corrected chi connectivity index (χ3v) is 2.74. The normalized spacial score (nSPS) is 27.1. The van der Waals surface area contributed by atoms with Crippen LogP contribution in [0.5, 0.6) is 0 Å². The summed E-state index contributed by atoms with van der Waals surface area (Å²) in [6, 6.07) is 0. The van der Waals surface area contributed by atoms with Gasteiger partial charge >= 0.3 is 0 Å². The molecule has 1 aliphatic rings. The fourth-order valence-corrected chi connectivity index (χ4v) is 1.47. The maximum absolute atomic E-state index is 4.07. The van der Waals surface area contributed by atoms with Crippen molar-refractivity contribution in [2.45, 2.75) is 20.8 Å². The summed E-state index contributed by atoms with van der Waals surface area (Å²) in [4.78, 5) is 0. The van der Waals surface area contributed by atoms with Crippen molar-refractivity contribution in [2.24, 2.45) is 5.41 Å². The lowest BCUT2D eigenvalue weighted by Crippen LogP contribution is -2.15. The van der Waals surface area contributed by atoms with E-state index in [1.165, 1.54) is 5.57 Å². The van der Waals surface area contributed by atoms with E-state index in [1.807, 2.05) is 6.92 Å². The van der Waals surface area contributed by atoms with Crippen molar-refractivity contribution >= 4 is 0 Å². The van der Waals surface area contributed by atoms with Crippen LogP contribution in [0.2, 0.25) is 0 Å². The Labute approximate surface area is 75.0 Å². The fourth-order valence-electron chi connectivity index (χ4n) is 1.47. The fraction of sp³-hybridized carbons (Fsp3) is 0.333. The molecule has 12 heavy (non-hydrogen) atoms. The Bertz CT molecular complexity index is 289. The summed E-state index contributed by atoms with van der Waals surface area (Å²) in [6.07, 6.45) is 6.40. The molecule has 0 saturated heterocycles. The predicted octanol–water partition coefficient (Wildman–Crippen LogP) is 3.64. The summed E-state index contributed by atoms with van der Waals surface area (Å²) in [5.74, 6) is 0. The largest absolute Gasteiger partial charge is 0.0958 e. The maximum Gasteiger partial charge on any atom is 0.0313 e. The van der Waals surface area contributed by atoms with Crippen molar-refractivity contribution in [1.29, 1.82) is 0 Å². The van der Waals surface area contributed by atoms with Gasteiger partial charge in [-0.3, -0.25) is 0 Å². The van der Waals surface area contributed by atoms with Crippen LogP contribution in [0.1, 0.15) is 20.8 Å². The van der Waals surface area contributed by atoms with E-state index in [2.05, 4.69) is 45.2 Å². The lowest BCUT2D eigenvalue weighted by molar-refractivity contribution is 0.637. The van der Waals surface area contributed by atoms with Gasteiger partial charge in [0, 0.05) is 5.41 Å². The summed E-state index contributed by atoms with van der Waals surface area (Å²) in [6.45, 7) is 14.3. The van der Waals surface area contributed by atoms with Crippen LogP contribution in [0, 0.1) is 5.41 Å². The summed E-state index contributed by atoms with van der Waals surface area (Å²) in [7, 11) is 0. The van der Waals surface area contributed by atoms with Gasteiger partial charge in [0.15, 0.2) is 0 Å². The first-order valence-corrected chi connectivity index (χ1v) is 4.20. The van der Waals surface area contributed by atoms with Gasteiger partial charge in [-0.2, -0.15) is 0 Å². The third-order valence-electron chi connectivity index (χ3n) is 2.74. The van der Waals surface area contributed by atoms with Gasteiger partial charge in [0.05, 0.1) is 0 Å². The molecule has 0 aromatic heterocycles. The zero-order valence-corrected chi connectivity index (χ0v) is 8.15. The number of allylic oxidation sites excluding steroid dienone is 6. The molecule has 0 aromatic rings. The molecule has 0 nitrogen and oxygen atoms in total. The Hall–Kier alpha value is -1.04. The third kappa shape index (κ3) is 1.18. The first-order valence-electron chi connectivity index (χ1n) is 4.20. The molecule has 1 unspecified atom stereocenters. The van der Waals surface area contributed by atoms with Crippen molar-refractivity contribution in [1.82, 2.24) is 0 Å². The molecule has 0 saturated carbocycles. The van der Waals surface area contributed by atoms with Gasteiger partial charge in [0.1, 0.15) is 0 Å². The van der Waals surface area contributed by atoms with E-state index in [0.717, 1.165) is 11.1 Å². The lowest BCUT2D eigenvalue weighted by atomic mass is 9.76. The Morgan fingerprint density at radius 2 is 2.00 bits per heavy atom.